The molecule has 0 saturated carbocycles. The van der Waals surface area contributed by atoms with E-state index in [-0.39, 0.29) is 11.3 Å². The number of amides is 1. The monoisotopic (exact) mass is 584 g/mol. The molecule has 0 aliphatic heterocycles. The van der Waals surface area contributed by atoms with Gasteiger partial charge < -0.3 is 14.2 Å². The first-order valence-corrected chi connectivity index (χ1v) is 14.7. The number of fused-ring (bicyclic) bond motifs is 2. The Bertz CT molecular complexity index is 2080. The predicted octanol–water partition coefficient (Wildman–Crippen LogP) is 6.17. The number of oxazole rings is 1. The molecule has 0 radical (unpaired) electrons. The molecule has 9 nitrogen and oxygen atoms in total. The average Bonchev–Trinajstić information content (AvgIpc) is 3.57. The molecule has 0 atom stereocenters. The lowest BCUT2D eigenvalue weighted by Gasteiger charge is -2.21. The summed E-state index contributed by atoms with van der Waals surface area (Å²) in [7, 11) is -0.739. The van der Waals surface area contributed by atoms with E-state index < -0.39 is 21.7 Å². The molecular formula is C31H25FN4O5S. The van der Waals surface area contributed by atoms with Crippen LogP contribution in [0.1, 0.15) is 15.9 Å². The van der Waals surface area contributed by atoms with E-state index in [4.69, 9.17) is 8.83 Å². The van der Waals surface area contributed by atoms with Crippen molar-refractivity contribution >= 4 is 43.8 Å². The lowest BCUT2D eigenvalue weighted by Crippen LogP contribution is -2.25. The molecule has 3 aromatic heterocycles. The molecule has 0 saturated heterocycles. The fourth-order valence-corrected chi connectivity index (χ4v) is 5.42. The average molecular weight is 585 g/mol. The van der Waals surface area contributed by atoms with Crippen molar-refractivity contribution in [2.75, 3.05) is 24.7 Å². The highest BCUT2D eigenvalue weighted by Gasteiger charge is 2.26. The molecule has 0 aliphatic rings. The Morgan fingerprint density at radius 3 is 2.38 bits per heavy atom. The second-order valence-electron chi connectivity index (χ2n) is 9.92. The van der Waals surface area contributed by atoms with E-state index in [0.717, 1.165) is 16.1 Å². The summed E-state index contributed by atoms with van der Waals surface area (Å²) in [6, 6.07) is 18.1. The Morgan fingerprint density at radius 2 is 1.69 bits per heavy atom. The highest BCUT2D eigenvalue weighted by atomic mass is 32.2. The van der Waals surface area contributed by atoms with Gasteiger partial charge in [0.1, 0.15) is 17.2 Å². The zero-order valence-electron chi connectivity index (χ0n) is 23.1. The number of pyridine rings is 1. The van der Waals surface area contributed by atoms with Gasteiger partial charge in [0.05, 0.1) is 17.5 Å². The lowest BCUT2D eigenvalue weighted by atomic mass is 9.96. The summed E-state index contributed by atoms with van der Waals surface area (Å²) in [5, 5.41) is 3.11. The van der Waals surface area contributed by atoms with Crippen molar-refractivity contribution < 1.29 is 26.4 Å². The van der Waals surface area contributed by atoms with Crippen molar-refractivity contribution in [2.24, 2.45) is 0 Å². The number of aryl methyl sites for hydroxylation is 1. The number of furan rings is 1. The van der Waals surface area contributed by atoms with Crippen LogP contribution in [0.2, 0.25) is 0 Å². The van der Waals surface area contributed by atoms with Gasteiger partial charge in [0.25, 0.3) is 5.91 Å². The van der Waals surface area contributed by atoms with Crippen molar-refractivity contribution in [3.8, 4) is 33.9 Å². The predicted molar refractivity (Wildman–Crippen MR) is 159 cm³/mol. The molecule has 11 heteroatoms. The Labute approximate surface area is 240 Å². The maximum Gasteiger partial charge on any atom is 0.255 e. The Morgan fingerprint density at radius 1 is 0.952 bits per heavy atom. The third-order valence-corrected chi connectivity index (χ3v) is 8.20. The summed E-state index contributed by atoms with van der Waals surface area (Å²) in [5.41, 5.74) is 5.11. The minimum atomic E-state index is -3.69. The molecule has 3 heterocycles. The summed E-state index contributed by atoms with van der Waals surface area (Å²) in [6.45, 7) is 1.91. The van der Waals surface area contributed by atoms with Gasteiger partial charge >= 0.3 is 0 Å². The molecule has 3 aromatic carbocycles. The molecule has 0 unspecified atom stereocenters. The quantitative estimate of drug-likeness (QED) is 0.249. The first kappa shape index (κ1) is 27.2. The molecular weight excluding hydrogens is 559 g/mol. The molecule has 1 N–H and O–H groups in total. The third-order valence-electron chi connectivity index (χ3n) is 7.00. The van der Waals surface area contributed by atoms with Crippen LogP contribution in [0.4, 0.5) is 10.1 Å². The number of benzene rings is 3. The first-order valence-electron chi connectivity index (χ1n) is 12.9. The highest BCUT2D eigenvalue weighted by Crippen LogP contribution is 2.42. The summed E-state index contributed by atoms with van der Waals surface area (Å²) in [5.74, 6) is -0.244. The van der Waals surface area contributed by atoms with Crippen LogP contribution in [-0.4, -0.2) is 44.6 Å². The number of carbonyl (C=O) groups excluding carboxylic acids is 1. The summed E-state index contributed by atoms with van der Waals surface area (Å²) in [6.07, 6.45) is 2.74. The van der Waals surface area contributed by atoms with Gasteiger partial charge in [0, 0.05) is 48.4 Å². The van der Waals surface area contributed by atoms with Gasteiger partial charge in [-0.25, -0.2) is 17.8 Å². The molecule has 0 aliphatic carbocycles. The largest absolute Gasteiger partial charge is 0.455 e. The van der Waals surface area contributed by atoms with Crippen molar-refractivity contribution in [3.63, 3.8) is 0 Å². The maximum atomic E-state index is 13.7. The molecule has 0 spiro atoms. The third kappa shape index (κ3) is 4.77. The second-order valence-corrected chi connectivity index (χ2v) is 11.9. The number of aromatic nitrogens is 2. The minimum Gasteiger partial charge on any atom is -0.455 e. The van der Waals surface area contributed by atoms with Gasteiger partial charge in [-0.2, -0.15) is 4.98 Å². The summed E-state index contributed by atoms with van der Waals surface area (Å²) >= 11 is 0. The standard InChI is InChI=1S/C31H25FN4O5S/c1-17-12-19(14-20(13-17)31-35-29-25(41-31)6-5-11-34-29)22-15-23-26(16-24(22)36(3)42(4,38)39)40-28(27(23)30(37)33-2)18-7-9-21(32)10-8-18/h5-16H,1-4H3,(H,33,37). The van der Waals surface area contributed by atoms with Crippen LogP contribution in [-0.2, 0) is 10.0 Å². The number of carbonyl (C=O) groups is 1. The van der Waals surface area contributed by atoms with Gasteiger partial charge in [-0.3, -0.25) is 9.10 Å². The van der Waals surface area contributed by atoms with Crippen LogP contribution < -0.4 is 9.62 Å². The fourth-order valence-electron chi connectivity index (χ4n) is 4.91. The Hall–Kier alpha value is -5.03. The van der Waals surface area contributed by atoms with Gasteiger partial charge in [0.2, 0.25) is 15.9 Å². The number of hydrogen-bond donors (Lipinski definition) is 1. The number of anilines is 1. The van der Waals surface area contributed by atoms with E-state index in [9.17, 15) is 17.6 Å². The summed E-state index contributed by atoms with van der Waals surface area (Å²) < 4.78 is 52.5. The number of nitrogens with zero attached hydrogens (tertiary/aromatic N) is 3. The van der Waals surface area contributed by atoms with E-state index in [1.807, 2.05) is 25.1 Å². The van der Waals surface area contributed by atoms with Crippen molar-refractivity contribution in [1.29, 1.82) is 0 Å². The van der Waals surface area contributed by atoms with Gasteiger partial charge in [-0.1, -0.05) is 6.07 Å². The molecule has 1 amide bonds. The zero-order valence-corrected chi connectivity index (χ0v) is 23.9. The second kappa shape index (κ2) is 10.1. The molecule has 42 heavy (non-hydrogen) atoms. The number of sulfonamides is 1. The van der Waals surface area contributed by atoms with Crippen LogP contribution in [0.5, 0.6) is 0 Å². The molecule has 6 rings (SSSR count). The molecule has 6 aromatic rings. The van der Waals surface area contributed by atoms with Crippen LogP contribution >= 0.6 is 0 Å². The molecule has 212 valence electrons. The van der Waals surface area contributed by atoms with Gasteiger partial charge in [-0.15, -0.1) is 0 Å². The lowest BCUT2D eigenvalue weighted by molar-refractivity contribution is 0.0964. The normalized spacial score (nSPS) is 11.7. The minimum absolute atomic E-state index is 0.235. The van der Waals surface area contributed by atoms with Crippen molar-refractivity contribution in [3.05, 3.63) is 89.9 Å². The first-order chi connectivity index (χ1) is 20.0. The topological polar surface area (TPSA) is 119 Å². The van der Waals surface area contributed by atoms with Crippen molar-refractivity contribution in [1.82, 2.24) is 15.3 Å². The Balaban J connectivity index is 1.63. The van der Waals surface area contributed by atoms with Crippen molar-refractivity contribution in [2.45, 2.75) is 6.92 Å². The highest BCUT2D eigenvalue weighted by molar-refractivity contribution is 7.92. The van der Waals surface area contributed by atoms with E-state index in [0.29, 0.717) is 56.0 Å². The van der Waals surface area contributed by atoms with E-state index in [1.54, 1.807) is 30.5 Å². The SMILES string of the molecule is CNC(=O)c1c(-c2ccc(F)cc2)oc2cc(N(C)S(C)(=O)=O)c(-c3cc(C)cc(-c4nc5ncccc5o4)c3)cc12. The van der Waals surface area contributed by atoms with E-state index in [2.05, 4.69) is 15.3 Å². The van der Waals surface area contributed by atoms with E-state index in [1.165, 1.54) is 38.4 Å². The Kier molecular flexibility index (Phi) is 6.53. The van der Waals surface area contributed by atoms with E-state index >= 15 is 0 Å². The zero-order chi connectivity index (χ0) is 29.8. The van der Waals surface area contributed by atoms with Crippen LogP contribution in [0.15, 0.2) is 81.8 Å². The molecule has 0 fully saturated rings. The van der Waals surface area contributed by atoms with Crippen LogP contribution in [0, 0.1) is 12.7 Å². The summed E-state index contributed by atoms with van der Waals surface area (Å²) in [4.78, 5) is 21.9. The fraction of sp³-hybridized carbons (Fsp3) is 0.129. The smallest absolute Gasteiger partial charge is 0.255 e. The number of rotatable bonds is 6. The molecule has 0 bridgehead atoms. The number of nitrogens with one attached hydrogen (secondary N) is 1. The number of halogens is 1. The maximum absolute atomic E-state index is 13.7. The van der Waals surface area contributed by atoms with Gasteiger partial charge in [0.15, 0.2) is 11.2 Å². The van der Waals surface area contributed by atoms with Crippen LogP contribution in [0.25, 0.3) is 56.1 Å². The van der Waals surface area contributed by atoms with Gasteiger partial charge in [-0.05, 0) is 72.6 Å². The number of hydrogen-bond acceptors (Lipinski definition) is 7. The van der Waals surface area contributed by atoms with Crippen LogP contribution in [0.3, 0.4) is 0 Å².